The van der Waals surface area contributed by atoms with Crippen molar-refractivity contribution in [3.8, 4) is 0 Å². The summed E-state index contributed by atoms with van der Waals surface area (Å²) in [5, 5.41) is 0.644. The van der Waals surface area contributed by atoms with Crippen LogP contribution in [0.1, 0.15) is 17.9 Å². The van der Waals surface area contributed by atoms with Crippen LogP contribution >= 0.6 is 11.6 Å². The highest BCUT2D eigenvalue weighted by Gasteiger charge is 2.47. The molecule has 0 radical (unpaired) electrons. The Morgan fingerprint density at radius 3 is 2.38 bits per heavy atom. The van der Waals surface area contributed by atoms with E-state index in [1.165, 1.54) is 0 Å². The van der Waals surface area contributed by atoms with Crippen molar-refractivity contribution in [2.75, 3.05) is 26.2 Å². The Labute approximate surface area is 172 Å². The number of carbonyl (C=O) groups is 1. The summed E-state index contributed by atoms with van der Waals surface area (Å²) in [7, 11) is -4.09. The zero-order valence-corrected chi connectivity index (χ0v) is 17.0. The van der Waals surface area contributed by atoms with Gasteiger partial charge in [-0.3, -0.25) is 4.79 Å². The standard InChI is InChI=1S/C20H19ClF2N2O3S/c21-17-4-2-1-3-14(17)15-12-16(15)20(26)24-7-9-25(10-8-24)29(27,28)19-6-5-13(22)11-18(19)23/h1-6,11,15-16H,7-10,12H2. The van der Waals surface area contributed by atoms with Crippen molar-refractivity contribution in [3.63, 3.8) is 0 Å². The molecular formula is C20H19ClF2N2O3S. The molecule has 1 saturated carbocycles. The second-order valence-electron chi connectivity index (χ2n) is 7.27. The van der Waals surface area contributed by atoms with Gasteiger partial charge in [0.15, 0.2) is 0 Å². The van der Waals surface area contributed by atoms with Gasteiger partial charge in [-0.15, -0.1) is 0 Å². The molecule has 1 aliphatic carbocycles. The Balaban J connectivity index is 1.40. The van der Waals surface area contributed by atoms with Crippen molar-refractivity contribution in [2.45, 2.75) is 17.2 Å². The van der Waals surface area contributed by atoms with Gasteiger partial charge in [-0.2, -0.15) is 4.31 Å². The normalized spacial score (nSPS) is 22.5. The number of nitrogens with zero attached hydrogens (tertiary/aromatic N) is 2. The van der Waals surface area contributed by atoms with Crippen LogP contribution in [0.3, 0.4) is 0 Å². The highest BCUT2D eigenvalue weighted by atomic mass is 35.5. The van der Waals surface area contributed by atoms with Gasteiger partial charge < -0.3 is 4.90 Å². The fourth-order valence-corrected chi connectivity index (χ4v) is 5.54. The quantitative estimate of drug-likeness (QED) is 0.733. The first-order valence-electron chi connectivity index (χ1n) is 9.27. The van der Waals surface area contributed by atoms with Crippen molar-refractivity contribution >= 4 is 27.5 Å². The van der Waals surface area contributed by atoms with E-state index in [4.69, 9.17) is 11.6 Å². The van der Waals surface area contributed by atoms with Crippen molar-refractivity contribution in [1.82, 2.24) is 9.21 Å². The van der Waals surface area contributed by atoms with E-state index in [1.807, 2.05) is 18.2 Å². The topological polar surface area (TPSA) is 57.7 Å². The average Bonchev–Trinajstić information content (AvgIpc) is 3.48. The van der Waals surface area contributed by atoms with E-state index < -0.39 is 26.6 Å². The van der Waals surface area contributed by atoms with Crippen LogP contribution in [-0.2, 0) is 14.8 Å². The van der Waals surface area contributed by atoms with E-state index in [1.54, 1.807) is 11.0 Å². The van der Waals surface area contributed by atoms with Crippen molar-refractivity contribution in [3.05, 3.63) is 64.7 Å². The molecule has 0 N–H and O–H groups in total. The summed E-state index contributed by atoms with van der Waals surface area (Å²) >= 11 is 6.21. The van der Waals surface area contributed by atoms with E-state index in [0.29, 0.717) is 11.1 Å². The zero-order valence-electron chi connectivity index (χ0n) is 15.4. The van der Waals surface area contributed by atoms with E-state index in [0.717, 1.165) is 28.4 Å². The molecule has 0 bridgehead atoms. The van der Waals surface area contributed by atoms with Crippen molar-refractivity contribution in [2.24, 2.45) is 5.92 Å². The number of hydrogen-bond acceptors (Lipinski definition) is 3. The molecule has 154 valence electrons. The Morgan fingerprint density at radius 2 is 1.72 bits per heavy atom. The van der Waals surface area contributed by atoms with Crippen LogP contribution < -0.4 is 0 Å². The maximum absolute atomic E-state index is 13.9. The summed E-state index contributed by atoms with van der Waals surface area (Å²) < 4.78 is 53.5. The van der Waals surface area contributed by atoms with Gasteiger partial charge in [-0.25, -0.2) is 17.2 Å². The molecule has 2 aliphatic rings. The van der Waals surface area contributed by atoms with Gasteiger partial charge in [0.2, 0.25) is 15.9 Å². The molecule has 1 amide bonds. The predicted octanol–water partition coefficient (Wildman–Crippen LogP) is 3.25. The average molecular weight is 441 g/mol. The summed E-state index contributed by atoms with van der Waals surface area (Å²) in [4.78, 5) is 13.9. The van der Waals surface area contributed by atoms with Gasteiger partial charge in [0, 0.05) is 43.2 Å². The lowest BCUT2D eigenvalue weighted by atomic mass is 10.1. The molecular weight excluding hydrogens is 422 g/mol. The summed E-state index contributed by atoms with van der Waals surface area (Å²) in [6.07, 6.45) is 0.724. The SMILES string of the molecule is O=C(C1CC1c1ccccc1Cl)N1CCN(S(=O)(=O)c2ccc(F)cc2F)CC1. The number of hydrogen-bond donors (Lipinski definition) is 0. The lowest BCUT2D eigenvalue weighted by molar-refractivity contribution is -0.133. The van der Waals surface area contributed by atoms with Gasteiger partial charge >= 0.3 is 0 Å². The lowest BCUT2D eigenvalue weighted by Gasteiger charge is -2.34. The van der Waals surface area contributed by atoms with Crippen LogP contribution in [-0.4, -0.2) is 49.7 Å². The number of sulfonamides is 1. The second kappa shape index (κ2) is 7.66. The molecule has 29 heavy (non-hydrogen) atoms. The van der Waals surface area contributed by atoms with Crippen molar-refractivity contribution in [1.29, 1.82) is 0 Å². The van der Waals surface area contributed by atoms with Crippen LogP contribution in [0.5, 0.6) is 0 Å². The largest absolute Gasteiger partial charge is 0.340 e. The van der Waals surface area contributed by atoms with Crippen LogP contribution in [0.15, 0.2) is 47.4 Å². The highest BCUT2D eigenvalue weighted by Crippen LogP contribution is 2.50. The van der Waals surface area contributed by atoms with Crippen LogP contribution in [0.25, 0.3) is 0 Å². The maximum Gasteiger partial charge on any atom is 0.246 e. The first-order chi connectivity index (χ1) is 13.8. The van der Waals surface area contributed by atoms with Crippen LogP contribution in [0, 0.1) is 17.6 Å². The smallest absolute Gasteiger partial charge is 0.246 e. The van der Waals surface area contributed by atoms with Gasteiger partial charge in [-0.05, 0) is 36.1 Å². The molecule has 1 aliphatic heterocycles. The molecule has 4 rings (SSSR count). The first-order valence-corrected chi connectivity index (χ1v) is 11.1. The van der Waals surface area contributed by atoms with Crippen LogP contribution in [0.2, 0.25) is 5.02 Å². The highest BCUT2D eigenvalue weighted by molar-refractivity contribution is 7.89. The van der Waals surface area contributed by atoms with Gasteiger partial charge in [0.25, 0.3) is 0 Å². The molecule has 2 aromatic carbocycles. The predicted molar refractivity (Wildman–Crippen MR) is 104 cm³/mol. The number of amides is 1. The second-order valence-corrected chi connectivity index (χ2v) is 9.59. The van der Waals surface area contributed by atoms with Gasteiger partial charge in [0.05, 0.1) is 0 Å². The maximum atomic E-state index is 13.9. The number of carbonyl (C=O) groups excluding carboxylic acids is 1. The first kappa shape index (κ1) is 20.3. The lowest BCUT2D eigenvalue weighted by Crippen LogP contribution is -2.51. The van der Waals surface area contributed by atoms with E-state index in [9.17, 15) is 22.0 Å². The van der Waals surface area contributed by atoms with Crippen molar-refractivity contribution < 1.29 is 22.0 Å². The summed E-state index contributed by atoms with van der Waals surface area (Å²) in [6, 6.07) is 9.84. The molecule has 0 aromatic heterocycles. The minimum absolute atomic E-state index is 0.0140. The fourth-order valence-electron chi connectivity index (χ4n) is 3.79. The number of rotatable bonds is 4. The monoisotopic (exact) mass is 440 g/mol. The van der Waals surface area contributed by atoms with E-state index in [2.05, 4.69) is 0 Å². The zero-order chi connectivity index (χ0) is 20.8. The molecule has 9 heteroatoms. The number of halogens is 3. The molecule has 2 aromatic rings. The Hall–Kier alpha value is -2.03. The number of benzene rings is 2. The number of piperazine rings is 1. The van der Waals surface area contributed by atoms with Gasteiger partial charge in [0.1, 0.15) is 16.5 Å². The molecule has 2 unspecified atom stereocenters. The Morgan fingerprint density at radius 1 is 1.03 bits per heavy atom. The van der Waals surface area contributed by atoms with Crippen LogP contribution in [0.4, 0.5) is 8.78 Å². The van der Waals surface area contributed by atoms with E-state index in [-0.39, 0.29) is 43.9 Å². The summed E-state index contributed by atoms with van der Waals surface area (Å²) in [5.41, 5.74) is 0.959. The molecule has 1 saturated heterocycles. The summed E-state index contributed by atoms with van der Waals surface area (Å²) in [6.45, 7) is 0.585. The molecule has 5 nitrogen and oxygen atoms in total. The Kier molecular flexibility index (Phi) is 5.35. The Bertz CT molecular complexity index is 1060. The third-order valence-corrected chi connectivity index (χ3v) is 7.75. The minimum Gasteiger partial charge on any atom is -0.340 e. The molecule has 2 fully saturated rings. The van der Waals surface area contributed by atoms with E-state index >= 15 is 0 Å². The molecule has 2 atom stereocenters. The third kappa shape index (κ3) is 3.89. The minimum atomic E-state index is -4.09. The van der Waals surface area contributed by atoms with Gasteiger partial charge in [-0.1, -0.05) is 29.8 Å². The molecule has 1 heterocycles. The third-order valence-electron chi connectivity index (χ3n) is 5.47. The molecule has 0 spiro atoms. The fraction of sp³-hybridized carbons (Fsp3) is 0.350. The summed E-state index contributed by atoms with van der Waals surface area (Å²) in [5.74, 6) is -2.03.